The van der Waals surface area contributed by atoms with Gasteiger partial charge in [-0.15, -0.1) is 0 Å². The minimum atomic E-state index is -0.759. The van der Waals surface area contributed by atoms with E-state index < -0.39 is 30.5 Å². The summed E-state index contributed by atoms with van der Waals surface area (Å²) in [5.41, 5.74) is 2.19. The minimum absolute atomic E-state index is 0.246. The fourth-order valence-corrected chi connectivity index (χ4v) is 3.60. The number of amides is 1. The van der Waals surface area contributed by atoms with Crippen molar-refractivity contribution < 1.29 is 33.3 Å². The van der Waals surface area contributed by atoms with E-state index in [2.05, 4.69) is 0 Å². The quantitative estimate of drug-likeness (QED) is 0.708. The van der Waals surface area contributed by atoms with E-state index in [-0.39, 0.29) is 12.1 Å². The summed E-state index contributed by atoms with van der Waals surface area (Å²) in [6.45, 7) is 0.611. The van der Waals surface area contributed by atoms with E-state index >= 15 is 0 Å². The molecule has 0 aliphatic carbocycles. The Morgan fingerprint density at radius 1 is 1.03 bits per heavy atom. The van der Waals surface area contributed by atoms with Crippen molar-refractivity contribution in [1.29, 1.82) is 0 Å². The maximum Gasteiger partial charge on any atom is 0.338 e. The van der Waals surface area contributed by atoms with E-state index in [9.17, 15) is 14.4 Å². The number of carbonyl (C=O) groups is 3. The van der Waals surface area contributed by atoms with Crippen LogP contribution in [0.5, 0.6) is 11.5 Å². The predicted octanol–water partition coefficient (Wildman–Crippen LogP) is 1.74. The number of esters is 2. The third-order valence-corrected chi connectivity index (χ3v) is 5.15. The van der Waals surface area contributed by atoms with Crippen LogP contribution in [0.25, 0.3) is 0 Å². The summed E-state index contributed by atoms with van der Waals surface area (Å²) in [6.07, 6.45) is 0.352. The van der Waals surface area contributed by atoms with Gasteiger partial charge in [0.1, 0.15) is 19.3 Å². The Morgan fingerprint density at radius 3 is 2.53 bits per heavy atom. The average Bonchev–Trinajstić information content (AvgIpc) is 2.80. The Kier molecular flexibility index (Phi) is 5.56. The first-order chi connectivity index (χ1) is 14.6. The van der Waals surface area contributed by atoms with Gasteiger partial charge in [-0.3, -0.25) is 4.79 Å². The second-order valence-electron chi connectivity index (χ2n) is 6.97. The summed E-state index contributed by atoms with van der Waals surface area (Å²) in [5.74, 6) is -0.614. The van der Waals surface area contributed by atoms with Gasteiger partial charge < -0.3 is 23.8 Å². The molecule has 8 heteroatoms. The van der Waals surface area contributed by atoms with Crippen LogP contribution in [0.15, 0.2) is 42.5 Å². The Hall–Kier alpha value is -3.55. The molecule has 30 heavy (non-hydrogen) atoms. The lowest BCUT2D eigenvalue weighted by Crippen LogP contribution is -2.50. The van der Waals surface area contributed by atoms with Crippen LogP contribution < -0.4 is 9.47 Å². The highest BCUT2D eigenvalue weighted by Crippen LogP contribution is 2.31. The molecule has 2 aromatic rings. The van der Waals surface area contributed by atoms with E-state index in [0.29, 0.717) is 31.1 Å². The lowest BCUT2D eigenvalue weighted by Gasteiger charge is -2.35. The number of hydrogen-bond donors (Lipinski definition) is 0. The molecular formula is C22H21NO7. The molecule has 2 heterocycles. The molecule has 0 aromatic heterocycles. The Bertz CT molecular complexity index is 987. The molecule has 2 aliphatic rings. The number of rotatable bonds is 4. The molecule has 0 spiro atoms. The van der Waals surface area contributed by atoms with Crippen LogP contribution in [-0.2, 0) is 32.0 Å². The van der Waals surface area contributed by atoms with Crippen molar-refractivity contribution in [3.8, 4) is 11.5 Å². The van der Waals surface area contributed by atoms with Crippen LogP contribution >= 0.6 is 0 Å². The second-order valence-corrected chi connectivity index (χ2v) is 6.97. The minimum Gasteiger partial charge on any atom is -0.486 e. The normalized spacial score (nSPS) is 17.0. The third-order valence-electron chi connectivity index (χ3n) is 5.15. The molecule has 2 aliphatic heterocycles. The van der Waals surface area contributed by atoms with E-state index in [0.717, 1.165) is 11.1 Å². The van der Waals surface area contributed by atoms with Crippen molar-refractivity contribution in [1.82, 2.24) is 4.90 Å². The first kappa shape index (κ1) is 19.8. The molecule has 1 amide bonds. The van der Waals surface area contributed by atoms with Crippen LogP contribution in [0.3, 0.4) is 0 Å². The summed E-state index contributed by atoms with van der Waals surface area (Å²) >= 11 is 0. The molecule has 0 unspecified atom stereocenters. The highest BCUT2D eigenvalue weighted by molar-refractivity contribution is 5.93. The third kappa shape index (κ3) is 3.94. The van der Waals surface area contributed by atoms with Gasteiger partial charge in [-0.05, 0) is 29.3 Å². The van der Waals surface area contributed by atoms with Gasteiger partial charge in [-0.2, -0.15) is 0 Å². The number of nitrogens with zero attached hydrogens (tertiary/aromatic N) is 1. The summed E-state index contributed by atoms with van der Waals surface area (Å²) in [5, 5.41) is 0. The summed E-state index contributed by atoms with van der Waals surface area (Å²) in [4.78, 5) is 38.8. The van der Waals surface area contributed by atoms with E-state index in [1.54, 1.807) is 12.1 Å². The molecule has 0 saturated carbocycles. The fourth-order valence-electron chi connectivity index (χ4n) is 3.60. The van der Waals surface area contributed by atoms with Crippen molar-refractivity contribution in [2.75, 3.05) is 26.9 Å². The van der Waals surface area contributed by atoms with Crippen LogP contribution in [0.4, 0.5) is 0 Å². The van der Waals surface area contributed by atoms with Gasteiger partial charge in [0.25, 0.3) is 5.91 Å². The van der Waals surface area contributed by atoms with Gasteiger partial charge in [0.05, 0.1) is 12.7 Å². The number of fused-ring (bicyclic) bond motifs is 2. The van der Waals surface area contributed by atoms with Crippen LogP contribution in [0.1, 0.15) is 21.5 Å². The molecule has 0 N–H and O–H groups in total. The lowest BCUT2D eigenvalue weighted by molar-refractivity contribution is -0.155. The molecule has 8 nitrogen and oxygen atoms in total. The first-order valence-corrected chi connectivity index (χ1v) is 9.57. The Labute approximate surface area is 173 Å². The standard InChI is InChI=1S/C22H21NO7/c1-27-22(26)17-10-14-4-2-3-5-16(14)12-23(17)20(24)13-30-21(25)15-6-7-18-19(11-15)29-9-8-28-18/h2-7,11,17H,8-10,12-13H2,1H3/t17-/m0/s1. The molecule has 156 valence electrons. The van der Waals surface area contributed by atoms with Crippen LogP contribution in [-0.4, -0.2) is 55.7 Å². The van der Waals surface area contributed by atoms with Crippen molar-refractivity contribution in [3.63, 3.8) is 0 Å². The van der Waals surface area contributed by atoms with E-state index in [4.69, 9.17) is 18.9 Å². The summed E-state index contributed by atoms with van der Waals surface area (Å²) < 4.78 is 21.0. The molecular weight excluding hydrogens is 390 g/mol. The zero-order valence-corrected chi connectivity index (χ0v) is 16.5. The molecule has 2 aromatic carbocycles. The Balaban J connectivity index is 1.44. The predicted molar refractivity (Wildman–Crippen MR) is 104 cm³/mol. The zero-order chi connectivity index (χ0) is 21.1. The van der Waals surface area contributed by atoms with Crippen molar-refractivity contribution in [2.24, 2.45) is 0 Å². The van der Waals surface area contributed by atoms with Gasteiger partial charge >= 0.3 is 11.9 Å². The highest BCUT2D eigenvalue weighted by atomic mass is 16.6. The van der Waals surface area contributed by atoms with Crippen molar-refractivity contribution >= 4 is 17.8 Å². The van der Waals surface area contributed by atoms with Gasteiger partial charge in [-0.1, -0.05) is 24.3 Å². The van der Waals surface area contributed by atoms with Crippen LogP contribution in [0, 0.1) is 0 Å². The Morgan fingerprint density at radius 2 is 1.77 bits per heavy atom. The summed E-state index contributed by atoms with van der Waals surface area (Å²) in [6, 6.07) is 11.5. The average molecular weight is 411 g/mol. The van der Waals surface area contributed by atoms with Gasteiger partial charge in [-0.25, -0.2) is 9.59 Å². The lowest BCUT2D eigenvalue weighted by atomic mass is 9.94. The first-order valence-electron chi connectivity index (χ1n) is 9.57. The van der Waals surface area contributed by atoms with Crippen molar-refractivity contribution in [2.45, 2.75) is 19.0 Å². The van der Waals surface area contributed by atoms with E-state index in [1.807, 2.05) is 24.3 Å². The zero-order valence-electron chi connectivity index (χ0n) is 16.5. The SMILES string of the molecule is COC(=O)[C@@H]1Cc2ccccc2CN1C(=O)COC(=O)c1ccc2c(c1)OCCO2. The number of ether oxygens (including phenoxy) is 4. The largest absolute Gasteiger partial charge is 0.486 e. The van der Waals surface area contributed by atoms with Crippen LogP contribution in [0.2, 0.25) is 0 Å². The number of carbonyl (C=O) groups excluding carboxylic acids is 3. The smallest absolute Gasteiger partial charge is 0.338 e. The maximum absolute atomic E-state index is 12.8. The molecule has 1 atom stereocenters. The number of benzene rings is 2. The molecule has 0 bridgehead atoms. The van der Waals surface area contributed by atoms with Crippen molar-refractivity contribution in [3.05, 3.63) is 59.2 Å². The second kappa shape index (κ2) is 8.44. The fraction of sp³-hybridized carbons (Fsp3) is 0.318. The maximum atomic E-state index is 12.8. The van der Waals surface area contributed by atoms with Gasteiger partial charge in [0.2, 0.25) is 0 Å². The summed E-state index contributed by atoms with van der Waals surface area (Å²) in [7, 11) is 1.29. The van der Waals surface area contributed by atoms with E-state index in [1.165, 1.54) is 18.1 Å². The number of methoxy groups -OCH3 is 1. The van der Waals surface area contributed by atoms with Gasteiger partial charge in [0.15, 0.2) is 18.1 Å². The molecule has 0 saturated heterocycles. The monoisotopic (exact) mass is 411 g/mol. The molecule has 4 rings (SSSR count). The number of hydrogen-bond acceptors (Lipinski definition) is 7. The van der Waals surface area contributed by atoms with Gasteiger partial charge in [0, 0.05) is 13.0 Å². The topological polar surface area (TPSA) is 91.4 Å². The molecule has 0 fully saturated rings. The molecule has 0 radical (unpaired) electrons. The highest BCUT2D eigenvalue weighted by Gasteiger charge is 2.35.